The second-order valence-corrected chi connectivity index (χ2v) is 6.08. The monoisotopic (exact) mass is 368 g/mol. The highest BCUT2D eigenvalue weighted by Gasteiger charge is 2.32. The maximum absolute atomic E-state index is 5.53. The molecule has 0 spiro atoms. The van der Waals surface area contributed by atoms with Crippen molar-refractivity contribution in [1.29, 1.82) is 0 Å². The van der Waals surface area contributed by atoms with Gasteiger partial charge in [0.15, 0.2) is 0 Å². The van der Waals surface area contributed by atoms with E-state index in [-0.39, 0.29) is 6.04 Å². The number of anilines is 1. The van der Waals surface area contributed by atoms with Gasteiger partial charge in [-0.25, -0.2) is 15.0 Å². The Morgan fingerprint density at radius 1 is 1.19 bits per heavy atom. The van der Waals surface area contributed by atoms with Gasteiger partial charge in [-0.1, -0.05) is 5.16 Å². The second kappa shape index (κ2) is 8.09. The van der Waals surface area contributed by atoms with Crippen LogP contribution in [0, 0.1) is 0 Å². The Morgan fingerprint density at radius 2 is 2.07 bits per heavy atom. The molecule has 1 aliphatic rings. The minimum atomic E-state index is -0.0155. The van der Waals surface area contributed by atoms with Gasteiger partial charge in [0, 0.05) is 43.9 Å². The molecule has 3 aromatic heterocycles. The number of aromatic nitrogens is 5. The average molecular weight is 368 g/mol. The van der Waals surface area contributed by atoms with Crippen molar-refractivity contribution in [2.45, 2.75) is 18.9 Å². The van der Waals surface area contributed by atoms with Crippen LogP contribution in [0.15, 0.2) is 41.3 Å². The molecule has 0 bridgehead atoms. The van der Waals surface area contributed by atoms with Crippen molar-refractivity contribution in [3.8, 4) is 17.3 Å². The summed E-state index contributed by atoms with van der Waals surface area (Å²) in [6, 6.07) is 5.42. The van der Waals surface area contributed by atoms with Crippen molar-refractivity contribution in [3.05, 3.63) is 42.7 Å². The maximum atomic E-state index is 5.53. The van der Waals surface area contributed by atoms with Crippen LogP contribution in [0.4, 0.5) is 5.95 Å². The van der Waals surface area contributed by atoms with Crippen LogP contribution in [0.1, 0.15) is 24.8 Å². The largest absolute Gasteiger partial charge is 0.475 e. The van der Waals surface area contributed by atoms with Gasteiger partial charge in [-0.15, -0.1) is 0 Å². The zero-order chi connectivity index (χ0) is 18.5. The molecular formula is C18H20N6O3. The van der Waals surface area contributed by atoms with E-state index >= 15 is 0 Å². The van der Waals surface area contributed by atoms with Crippen molar-refractivity contribution in [3.63, 3.8) is 0 Å². The summed E-state index contributed by atoms with van der Waals surface area (Å²) in [4.78, 5) is 19.6. The average Bonchev–Trinajstić information content (AvgIpc) is 3.39. The molecule has 3 aromatic rings. The Hall–Kier alpha value is -3.07. The minimum Gasteiger partial charge on any atom is -0.475 e. The topological polar surface area (TPSA) is 99.3 Å². The third-order valence-electron chi connectivity index (χ3n) is 4.32. The van der Waals surface area contributed by atoms with Crippen LogP contribution in [-0.4, -0.2) is 52.0 Å². The number of pyridine rings is 1. The van der Waals surface area contributed by atoms with Crippen molar-refractivity contribution in [1.82, 2.24) is 25.1 Å². The fraction of sp³-hybridized carbons (Fsp3) is 0.389. The smallest absolute Gasteiger partial charge is 0.249 e. The van der Waals surface area contributed by atoms with Crippen LogP contribution < -0.4 is 9.64 Å². The minimum absolute atomic E-state index is 0.0155. The van der Waals surface area contributed by atoms with E-state index in [1.165, 1.54) is 0 Å². The molecule has 27 heavy (non-hydrogen) atoms. The molecule has 0 amide bonds. The van der Waals surface area contributed by atoms with Crippen LogP contribution in [0.5, 0.6) is 5.88 Å². The first-order chi connectivity index (χ1) is 13.3. The van der Waals surface area contributed by atoms with Gasteiger partial charge in [-0.05, 0) is 25.0 Å². The molecular weight excluding hydrogens is 348 g/mol. The molecule has 140 valence electrons. The van der Waals surface area contributed by atoms with Crippen molar-refractivity contribution in [2.75, 3.05) is 31.8 Å². The summed E-state index contributed by atoms with van der Waals surface area (Å²) in [5, 5.41) is 4.11. The third-order valence-corrected chi connectivity index (χ3v) is 4.32. The molecule has 1 saturated heterocycles. The first-order valence-electron chi connectivity index (χ1n) is 8.80. The van der Waals surface area contributed by atoms with Gasteiger partial charge < -0.3 is 18.9 Å². The maximum Gasteiger partial charge on any atom is 0.249 e. The van der Waals surface area contributed by atoms with Crippen LogP contribution in [0.2, 0.25) is 0 Å². The number of hydrogen-bond donors (Lipinski definition) is 0. The molecule has 0 N–H and O–H groups in total. The Balaban J connectivity index is 1.48. The fourth-order valence-corrected chi connectivity index (χ4v) is 3.02. The summed E-state index contributed by atoms with van der Waals surface area (Å²) < 4.78 is 15.9. The number of methoxy groups -OCH3 is 1. The van der Waals surface area contributed by atoms with Crippen molar-refractivity contribution in [2.24, 2.45) is 0 Å². The molecule has 4 heterocycles. The third kappa shape index (κ3) is 3.87. The van der Waals surface area contributed by atoms with Gasteiger partial charge in [-0.3, -0.25) is 0 Å². The highest BCUT2D eigenvalue weighted by molar-refractivity contribution is 5.53. The van der Waals surface area contributed by atoms with Crippen LogP contribution >= 0.6 is 0 Å². The lowest BCUT2D eigenvalue weighted by atomic mass is 10.2. The Kier molecular flexibility index (Phi) is 5.20. The van der Waals surface area contributed by atoms with E-state index in [1.807, 2.05) is 6.07 Å². The fourth-order valence-electron chi connectivity index (χ4n) is 3.02. The predicted molar refractivity (Wildman–Crippen MR) is 96.3 cm³/mol. The van der Waals surface area contributed by atoms with Gasteiger partial charge in [0.25, 0.3) is 0 Å². The SMILES string of the molecule is COCCOc1ccc(-c2noc([C@@H]3CCCN3c3ncccn3)n2)cn1. The molecule has 1 atom stereocenters. The van der Waals surface area contributed by atoms with Crippen LogP contribution in [-0.2, 0) is 4.74 Å². The molecule has 0 aromatic carbocycles. The first-order valence-corrected chi connectivity index (χ1v) is 8.80. The first kappa shape index (κ1) is 17.3. The van der Waals surface area contributed by atoms with Gasteiger partial charge in [0.1, 0.15) is 12.6 Å². The summed E-state index contributed by atoms with van der Waals surface area (Å²) >= 11 is 0. The summed E-state index contributed by atoms with van der Waals surface area (Å²) in [6.07, 6.45) is 7.08. The van der Waals surface area contributed by atoms with Crippen molar-refractivity contribution >= 4 is 5.95 Å². The molecule has 0 unspecified atom stereocenters. The summed E-state index contributed by atoms with van der Waals surface area (Å²) in [5.74, 6) is 2.28. The van der Waals surface area contributed by atoms with E-state index in [4.69, 9.17) is 14.0 Å². The molecule has 4 rings (SSSR count). The number of nitrogens with zero attached hydrogens (tertiary/aromatic N) is 6. The van der Waals surface area contributed by atoms with Crippen LogP contribution in [0.25, 0.3) is 11.4 Å². The van der Waals surface area contributed by atoms with Gasteiger partial charge in [0.05, 0.1) is 6.61 Å². The normalized spacial score (nSPS) is 16.6. The lowest BCUT2D eigenvalue weighted by molar-refractivity contribution is 0.144. The van der Waals surface area contributed by atoms with E-state index < -0.39 is 0 Å². The van der Waals surface area contributed by atoms with Crippen molar-refractivity contribution < 1.29 is 14.0 Å². The summed E-state index contributed by atoms with van der Waals surface area (Å²) in [7, 11) is 1.63. The van der Waals surface area contributed by atoms with E-state index in [0.717, 1.165) is 24.9 Å². The van der Waals surface area contributed by atoms with Gasteiger partial charge in [-0.2, -0.15) is 4.98 Å². The van der Waals surface area contributed by atoms with Crippen LogP contribution in [0.3, 0.4) is 0 Å². The molecule has 1 aliphatic heterocycles. The molecule has 1 fully saturated rings. The standard InChI is InChI=1S/C18H20N6O3/c1-25-10-11-26-15-6-5-13(12-21-15)16-22-17(27-23-16)14-4-2-9-24(14)18-19-7-3-8-20-18/h3,5-8,12,14H,2,4,9-11H2,1H3/t14-/m0/s1. The zero-order valence-electron chi connectivity index (χ0n) is 15.0. The Morgan fingerprint density at radius 3 is 2.85 bits per heavy atom. The summed E-state index contributed by atoms with van der Waals surface area (Å²) in [6.45, 7) is 1.83. The predicted octanol–water partition coefficient (Wildman–Crippen LogP) is 2.29. The molecule has 9 heteroatoms. The Bertz CT molecular complexity index is 855. The van der Waals surface area contributed by atoms with E-state index in [1.54, 1.807) is 37.8 Å². The quantitative estimate of drug-likeness (QED) is 0.581. The van der Waals surface area contributed by atoms with E-state index in [0.29, 0.717) is 36.8 Å². The van der Waals surface area contributed by atoms with Gasteiger partial charge in [0.2, 0.25) is 23.5 Å². The molecule has 9 nitrogen and oxygen atoms in total. The lowest BCUT2D eigenvalue weighted by Crippen LogP contribution is -2.24. The summed E-state index contributed by atoms with van der Waals surface area (Å²) in [5.41, 5.74) is 0.768. The van der Waals surface area contributed by atoms with E-state index in [9.17, 15) is 0 Å². The highest BCUT2D eigenvalue weighted by Crippen LogP contribution is 2.34. The Labute approximate surface area is 156 Å². The molecule has 0 saturated carbocycles. The van der Waals surface area contributed by atoms with E-state index in [2.05, 4.69) is 30.0 Å². The number of rotatable bonds is 7. The molecule has 0 radical (unpaired) electrons. The second-order valence-electron chi connectivity index (χ2n) is 6.08. The highest BCUT2D eigenvalue weighted by atomic mass is 16.5. The molecule has 0 aliphatic carbocycles. The van der Waals surface area contributed by atoms with Gasteiger partial charge >= 0.3 is 0 Å². The zero-order valence-corrected chi connectivity index (χ0v) is 15.0. The number of ether oxygens (including phenoxy) is 2. The number of hydrogen-bond acceptors (Lipinski definition) is 9. The lowest BCUT2D eigenvalue weighted by Gasteiger charge is -2.21.